The van der Waals surface area contributed by atoms with Crippen molar-refractivity contribution >= 4 is 35.6 Å². The van der Waals surface area contributed by atoms with E-state index in [0.29, 0.717) is 6.54 Å². The van der Waals surface area contributed by atoms with Crippen LogP contribution in [0.3, 0.4) is 0 Å². The third-order valence-corrected chi connectivity index (χ3v) is 4.84. The van der Waals surface area contributed by atoms with E-state index in [9.17, 15) is 4.79 Å². The van der Waals surface area contributed by atoms with Gasteiger partial charge in [-0.3, -0.25) is 9.69 Å². The van der Waals surface area contributed by atoms with Gasteiger partial charge < -0.3 is 10.6 Å². The summed E-state index contributed by atoms with van der Waals surface area (Å²) in [5.74, 6) is 0.0163. The summed E-state index contributed by atoms with van der Waals surface area (Å²) in [5, 5.41) is 7.19. The molecule has 4 nitrogen and oxygen atoms in total. The molecule has 0 radical (unpaired) electrons. The first kappa shape index (κ1) is 20.7. The first-order valence-electron chi connectivity index (χ1n) is 8.60. The molecule has 0 spiro atoms. The molecule has 2 N–H and O–H groups in total. The topological polar surface area (TPSA) is 44.4 Å². The van der Waals surface area contributed by atoms with Gasteiger partial charge in [-0.1, -0.05) is 35.9 Å². The Kier molecular flexibility index (Phi) is 7.47. The maximum Gasteiger partial charge on any atom is 0.238 e. The zero-order valence-corrected chi connectivity index (χ0v) is 16.7. The van der Waals surface area contributed by atoms with Crippen LogP contribution < -0.4 is 10.6 Å². The lowest BCUT2D eigenvalue weighted by Crippen LogP contribution is -2.48. The van der Waals surface area contributed by atoms with E-state index in [-0.39, 0.29) is 24.4 Å². The van der Waals surface area contributed by atoms with E-state index in [1.807, 2.05) is 44.2 Å². The van der Waals surface area contributed by atoms with Gasteiger partial charge in [0.2, 0.25) is 5.91 Å². The standard InChI is InChI=1S/C20H24ClN3O.ClH/c1-14-6-7-15(2)18(10-14)23-20(25)13-24-9-8-22-12-19(24)16-4-3-5-17(21)11-16;/h3-7,10-11,19,22H,8-9,12-13H2,1-2H3,(H,23,25);1H. The molecule has 0 aromatic heterocycles. The van der Waals surface area contributed by atoms with Crippen LogP contribution >= 0.6 is 24.0 Å². The normalized spacial score (nSPS) is 17.4. The number of benzene rings is 2. The van der Waals surface area contributed by atoms with Crippen LogP contribution in [0.2, 0.25) is 5.02 Å². The van der Waals surface area contributed by atoms with Crippen molar-refractivity contribution in [2.45, 2.75) is 19.9 Å². The fourth-order valence-electron chi connectivity index (χ4n) is 3.22. The molecule has 140 valence electrons. The zero-order chi connectivity index (χ0) is 17.8. The van der Waals surface area contributed by atoms with E-state index in [4.69, 9.17) is 11.6 Å². The second kappa shape index (κ2) is 9.38. The van der Waals surface area contributed by atoms with Crippen LogP contribution in [0.15, 0.2) is 42.5 Å². The second-order valence-electron chi connectivity index (χ2n) is 6.61. The van der Waals surface area contributed by atoms with Crippen LogP contribution in [-0.4, -0.2) is 37.0 Å². The van der Waals surface area contributed by atoms with Crippen LogP contribution in [0.5, 0.6) is 0 Å². The number of rotatable bonds is 4. The van der Waals surface area contributed by atoms with E-state index in [2.05, 4.69) is 27.7 Å². The Bertz CT molecular complexity index is 766. The fraction of sp³-hybridized carbons (Fsp3) is 0.350. The Morgan fingerprint density at radius 3 is 2.85 bits per heavy atom. The molecule has 1 amide bonds. The maximum atomic E-state index is 12.6. The van der Waals surface area contributed by atoms with Gasteiger partial charge in [0, 0.05) is 36.4 Å². The van der Waals surface area contributed by atoms with E-state index in [0.717, 1.165) is 47.0 Å². The van der Waals surface area contributed by atoms with Crippen molar-refractivity contribution in [1.82, 2.24) is 10.2 Å². The van der Waals surface area contributed by atoms with Crippen molar-refractivity contribution in [2.75, 3.05) is 31.5 Å². The molecule has 3 rings (SSSR count). The summed E-state index contributed by atoms with van der Waals surface area (Å²) < 4.78 is 0. The molecule has 1 heterocycles. The van der Waals surface area contributed by atoms with Crippen LogP contribution in [0.4, 0.5) is 5.69 Å². The summed E-state index contributed by atoms with van der Waals surface area (Å²) in [6.45, 7) is 6.93. The third-order valence-electron chi connectivity index (χ3n) is 4.60. The lowest BCUT2D eigenvalue weighted by molar-refractivity contribution is -0.118. The number of anilines is 1. The fourth-order valence-corrected chi connectivity index (χ4v) is 3.42. The monoisotopic (exact) mass is 393 g/mol. The molecular weight excluding hydrogens is 369 g/mol. The number of hydrogen-bond acceptors (Lipinski definition) is 3. The average molecular weight is 394 g/mol. The van der Waals surface area contributed by atoms with Crippen LogP contribution in [-0.2, 0) is 4.79 Å². The Morgan fingerprint density at radius 2 is 2.08 bits per heavy atom. The van der Waals surface area contributed by atoms with Gasteiger partial charge in [-0.05, 0) is 48.7 Å². The van der Waals surface area contributed by atoms with E-state index >= 15 is 0 Å². The average Bonchev–Trinajstić information content (AvgIpc) is 2.58. The van der Waals surface area contributed by atoms with Gasteiger partial charge in [-0.2, -0.15) is 0 Å². The molecule has 1 unspecified atom stereocenters. The molecule has 1 aliphatic heterocycles. The highest BCUT2D eigenvalue weighted by atomic mass is 35.5. The third kappa shape index (κ3) is 5.21. The van der Waals surface area contributed by atoms with Gasteiger partial charge in [-0.25, -0.2) is 0 Å². The van der Waals surface area contributed by atoms with Crippen molar-refractivity contribution in [3.8, 4) is 0 Å². The molecule has 1 atom stereocenters. The van der Waals surface area contributed by atoms with Gasteiger partial charge in [0.05, 0.1) is 6.54 Å². The first-order valence-corrected chi connectivity index (χ1v) is 8.98. The van der Waals surface area contributed by atoms with Gasteiger partial charge in [0.15, 0.2) is 0 Å². The number of carbonyl (C=O) groups is 1. The summed E-state index contributed by atoms with van der Waals surface area (Å²) in [5.41, 5.74) is 4.24. The summed E-state index contributed by atoms with van der Waals surface area (Å²) in [6.07, 6.45) is 0. The first-order chi connectivity index (χ1) is 12.0. The predicted octanol–water partition coefficient (Wildman–Crippen LogP) is 3.96. The van der Waals surface area contributed by atoms with Gasteiger partial charge in [-0.15, -0.1) is 12.4 Å². The van der Waals surface area contributed by atoms with Gasteiger partial charge >= 0.3 is 0 Å². The van der Waals surface area contributed by atoms with Crippen LogP contribution in [0, 0.1) is 13.8 Å². The molecule has 2 aromatic rings. The minimum atomic E-state index is 0. The number of halogens is 2. The van der Waals surface area contributed by atoms with Crippen molar-refractivity contribution in [3.63, 3.8) is 0 Å². The molecule has 26 heavy (non-hydrogen) atoms. The molecule has 1 fully saturated rings. The summed E-state index contributed by atoms with van der Waals surface area (Å²) in [4.78, 5) is 14.8. The minimum absolute atomic E-state index is 0. The van der Waals surface area contributed by atoms with Gasteiger partial charge in [0.1, 0.15) is 0 Å². The summed E-state index contributed by atoms with van der Waals surface area (Å²) in [7, 11) is 0. The Balaban J connectivity index is 0.00000243. The lowest BCUT2D eigenvalue weighted by Gasteiger charge is -2.36. The maximum absolute atomic E-state index is 12.6. The van der Waals surface area contributed by atoms with Crippen molar-refractivity contribution < 1.29 is 4.79 Å². The Labute approximate surface area is 166 Å². The lowest BCUT2D eigenvalue weighted by atomic mass is 10.0. The quantitative estimate of drug-likeness (QED) is 0.825. The van der Waals surface area contributed by atoms with Crippen molar-refractivity contribution in [1.29, 1.82) is 0 Å². The molecule has 0 saturated carbocycles. The van der Waals surface area contributed by atoms with Crippen LogP contribution in [0.1, 0.15) is 22.7 Å². The number of aryl methyl sites for hydroxylation is 2. The summed E-state index contributed by atoms with van der Waals surface area (Å²) >= 11 is 6.14. The highest BCUT2D eigenvalue weighted by Gasteiger charge is 2.25. The number of hydrogen-bond donors (Lipinski definition) is 2. The zero-order valence-electron chi connectivity index (χ0n) is 15.1. The summed E-state index contributed by atoms with van der Waals surface area (Å²) in [6, 6.07) is 14.1. The van der Waals surface area contributed by atoms with E-state index in [1.165, 1.54) is 0 Å². The number of carbonyl (C=O) groups excluding carboxylic acids is 1. The van der Waals surface area contributed by atoms with E-state index in [1.54, 1.807) is 0 Å². The SMILES string of the molecule is Cc1ccc(C)c(NC(=O)CN2CCNCC2c2cccc(Cl)c2)c1.Cl. The number of amides is 1. The number of nitrogens with zero attached hydrogens (tertiary/aromatic N) is 1. The number of nitrogens with one attached hydrogen (secondary N) is 2. The Morgan fingerprint density at radius 1 is 1.27 bits per heavy atom. The molecule has 0 bridgehead atoms. The molecule has 0 aliphatic carbocycles. The van der Waals surface area contributed by atoms with Gasteiger partial charge in [0.25, 0.3) is 0 Å². The van der Waals surface area contributed by atoms with Crippen LogP contribution in [0.25, 0.3) is 0 Å². The second-order valence-corrected chi connectivity index (χ2v) is 7.05. The largest absolute Gasteiger partial charge is 0.325 e. The molecule has 6 heteroatoms. The minimum Gasteiger partial charge on any atom is -0.325 e. The van der Waals surface area contributed by atoms with Crippen molar-refractivity contribution in [3.05, 3.63) is 64.2 Å². The molecular formula is C20H25Cl2N3O. The molecule has 1 saturated heterocycles. The van der Waals surface area contributed by atoms with E-state index < -0.39 is 0 Å². The highest BCUT2D eigenvalue weighted by molar-refractivity contribution is 6.30. The molecule has 2 aromatic carbocycles. The Hall–Kier alpha value is -1.59. The smallest absolute Gasteiger partial charge is 0.238 e. The molecule has 1 aliphatic rings. The highest BCUT2D eigenvalue weighted by Crippen LogP contribution is 2.25. The predicted molar refractivity (Wildman–Crippen MR) is 110 cm³/mol. The van der Waals surface area contributed by atoms with Crippen molar-refractivity contribution in [2.24, 2.45) is 0 Å². The number of piperazine rings is 1.